The van der Waals surface area contributed by atoms with Crippen LogP contribution in [0.25, 0.3) is 0 Å². The van der Waals surface area contributed by atoms with Crippen molar-refractivity contribution >= 4 is 0 Å². The Balaban J connectivity index is 2.97. The van der Waals surface area contributed by atoms with Gasteiger partial charge in [0.15, 0.2) is 0 Å². The van der Waals surface area contributed by atoms with E-state index in [-0.39, 0.29) is 0 Å². The summed E-state index contributed by atoms with van der Waals surface area (Å²) in [6.07, 6.45) is 30.7. The number of rotatable bonds is 27. The van der Waals surface area contributed by atoms with Crippen LogP contribution in [0.15, 0.2) is 0 Å². The molecule has 0 aliphatic rings. The summed E-state index contributed by atoms with van der Waals surface area (Å²) in [6.45, 7) is 7.95. The molecule has 0 aliphatic carbocycles. The van der Waals surface area contributed by atoms with E-state index in [2.05, 4.69) is 13.8 Å². The Labute approximate surface area is 191 Å². The normalized spacial score (nSPS) is 11.4. The zero-order valence-corrected chi connectivity index (χ0v) is 21.2. The van der Waals surface area contributed by atoms with Gasteiger partial charge in [-0.05, 0) is 12.8 Å². The molecule has 30 heavy (non-hydrogen) atoms. The molecular weight excluding hydrogens is 368 g/mol. The molecule has 0 aromatic heterocycles. The van der Waals surface area contributed by atoms with E-state index < -0.39 is 0 Å². The van der Waals surface area contributed by atoms with E-state index in [1.54, 1.807) is 0 Å². The van der Waals surface area contributed by atoms with Gasteiger partial charge in [0.05, 0.1) is 13.2 Å². The molecule has 0 N–H and O–H groups in total. The fourth-order valence-electron chi connectivity index (χ4n) is 4.06. The molecule has 0 saturated heterocycles. The molecule has 2 nitrogen and oxygen atoms in total. The van der Waals surface area contributed by atoms with Gasteiger partial charge in [0.2, 0.25) is 0 Å². The van der Waals surface area contributed by atoms with Crippen molar-refractivity contribution in [1.29, 1.82) is 0 Å². The summed E-state index contributed by atoms with van der Waals surface area (Å²) in [5.41, 5.74) is 0. The monoisotopic (exact) mass is 426 g/mol. The minimum Gasteiger partial charge on any atom is -0.379 e. The van der Waals surface area contributed by atoms with Gasteiger partial charge in [0.25, 0.3) is 0 Å². The maximum atomic E-state index is 5.70. The topological polar surface area (TPSA) is 18.5 Å². The van der Waals surface area contributed by atoms with Gasteiger partial charge in [0.1, 0.15) is 0 Å². The number of hydrogen-bond acceptors (Lipinski definition) is 2. The average Bonchev–Trinajstić information content (AvgIpc) is 2.76. The standard InChI is InChI=1S/C28H58O2/c1-3-5-7-9-11-13-15-16-18-20-22-24-26-30-28-27-29-25-23-21-19-17-14-12-10-8-6-4-2/h3-28H2,1-2H3. The fraction of sp³-hybridized carbons (Fsp3) is 1.00. The molecule has 0 unspecified atom stereocenters. The first kappa shape index (κ1) is 29.9. The van der Waals surface area contributed by atoms with Gasteiger partial charge in [-0.3, -0.25) is 0 Å². The summed E-state index contributed by atoms with van der Waals surface area (Å²) in [5.74, 6) is 0. The maximum Gasteiger partial charge on any atom is 0.0700 e. The van der Waals surface area contributed by atoms with E-state index in [9.17, 15) is 0 Å². The van der Waals surface area contributed by atoms with Crippen LogP contribution in [0.5, 0.6) is 0 Å². The van der Waals surface area contributed by atoms with Crippen molar-refractivity contribution in [2.45, 2.75) is 155 Å². The van der Waals surface area contributed by atoms with Crippen LogP contribution in [0.1, 0.15) is 155 Å². The van der Waals surface area contributed by atoms with Crippen LogP contribution in [0, 0.1) is 0 Å². The Hall–Kier alpha value is -0.0800. The van der Waals surface area contributed by atoms with Crippen molar-refractivity contribution in [3.8, 4) is 0 Å². The molecule has 2 heteroatoms. The van der Waals surface area contributed by atoms with Crippen molar-refractivity contribution in [3.05, 3.63) is 0 Å². The number of hydrogen-bond donors (Lipinski definition) is 0. The lowest BCUT2D eigenvalue weighted by Gasteiger charge is -2.06. The quantitative estimate of drug-likeness (QED) is 0.122. The molecule has 0 heterocycles. The van der Waals surface area contributed by atoms with Gasteiger partial charge in [0, 0.05) is 13.2 Å². The van der Waals surface area contributed by atoms with Crippen molar-refractivity contribution in [3.63, 3.8) is 0 Å². The van der Waals surface area contributed by atoms with E-state index >= 15 is 0 Å². The first-order valence-corrected chi connectivity index (χ1v) is 14.1. The summed E-state index contributed by atoms with van der Waals surface area (Å²) in [4.78, 5) is 0. The zero-order valence-electron chi connectivity index (χ0n) is 21.2. The average molecular weight is 427 g/mol. The Morgan fingerprint density at radius 1 is 0.267 bits per heavy atom. The molecule has 0 fully saturated rings. The van der Waals surface area contributed by atoms with E-state index in [4.69, 9.17) is 9.47 Å². The smallest absolute Gasteiger partial charge is 0.0700 e. The molecule has 0 bridgehead atoms. The lowest BCUT2D eigenvalue weighted by atomic mass is 10.1. The molecule has 182 valence electrons. The van der Waals surface area contributed by atoms with E-state index in [1.807, 2.05) is 0 Å². The third-order valence-electron chi connectivity index (χ3n) is 6.16. The predicted octanol–water partition coefficient (Wildman–Crippen LogP) is 9.64. The van der Waals surface area contributed by atoms with E-state index in [0.717, 1.165) is 26.4 Å². The highest BCUT2D eigenvalue weighted by Gasteiger charge is 1.96. The Morgan fingerprint density at radius 3 is 0.767 bits per heavy atom. The number of unbranched alkanes of at least 4 members (excludes halogenated alkanes) is 20. The summed E-state index contributed by atoms with van der Waals surface area (Å²) in [7, 11) is 0. The zero-order chi connectivity index (χ0) is 21.8. The molecule has 0 radical (unpaired) electrons. The second kappa shape index (κ2) is 28.9. The van der Waals surface area contributed by atoms with Crippen molar-refractivity contribution in [1.82, 2.24) is 0 Å². The molecule has 0 aliphatic heterocycles. The summed E-state index contributed by atoms with van der Waals surface area (Å²) in [5, 5.41) is 0. The second-order valence-electron chi connectivity index (χ2n) is 9.30. The van der Waals surface area contributed by atoms with Crippen LogP contribution < -0.4 is 0 Å². The Kier molecular flexibility index (Phi) is 28.8. The minimum absolute atomic E-state index is 0.773. The molecule has 0 amide bonds. The third-order valence-corrected chi connectivity index (χ3v) is 6.16. The van der Waals surface area contributed by atoms with Crippen LogP contribution in [0.4, 0.5) is 0 Å². The maximum absolute atomic E-state index is 5.70. The van der Waals surface area contributed by atoms with Gasteiger partial charge in [-0.2, -0.15) is 0 Å². The Bertz CT molecular complexity index is 252. The van der Waals surface area contributed by atoms with Crippen LogP contribution >= 0.6 is 0 Å². The van der Waals surface area contributed by atoms with Crippen molar-refractivity contribution < 1.29 is 9.47 Å². The van der Waals surface area contributed by atoms with Crippen LogP contribution in [0.2, 0.25) is 0 Å². The van der Waals surface area contributed by atoms with Gasteiger partial charge < -0.3 is 9.47 Å². The Morgan fingerprint density at radius 2 is 0.500 bits per heavy atom. The highest BCUT2D eigenvalue weighted by Crippen LogP contribution is 2.12. The van der Waals surface area contributed by atoms with Gasteiger partial charge in [-0.15, -0.1) is 0 Å². The lowest BCUT2D eigenvalue weighted by molar-refractivity contribution is 0.0448. The predicted molar refractivity (Wildman–Crippen MR) is 135 cm³/mol. The molecular formula is C28H58O2. The van der Waals surface area contributed by atoms with Crippen LogP contribution in [-0.4, -0.2) is 26.4 Å². The third kappa shape index (κ3) is 27.9. The molecule has 0 aromatic carbocycles. The number of ether oxygens (including phenoxy) is 2. The minimum atomic E-state index is 0.773. The molecule has 0 aromatic rings. The summed E-state index contributed by atoms with van der Waals surface area (Å²) < 4.78 is 11.4. The van der Waals surface area contributed by atoms with E-state index in [0.29, 0.717) is 0 Å². The van der Waals surface area contributed by atoms with Gasteiger partial charge >= 0.3 is 0 Å². The van der Waals surface area contributed by atoms with Crippen molar-refractivity contribution in [2.24, 2.45) is 0 Å². The van der Waals surface area contributed by atoms with E-state index in [1.165, 1.54) is 141 Å². The first-order valence-electron chi connectivity index (χ1n) is 14.1. The molecule has 0 atom stereocenters. The first-order chi connectivity index (χ1) is 14.9. The fourth-order valence-corrected chi connectivity index (χ4v) is 4.06. The van der Waals surface area contributed by atoms with Crippen LogP contribution in [0.3, 0.4) is 0 Å². The molecule has 0 saturated carbocycles. The van der Waals surface area contributed by atoms with Gasteiger partial charge in [-0.25, -0.2) is 0 Å². The van der Waals surface area contributed by atoms with Crippen LogP contribution in [-0.2, 0) is 9.47 Å². The second-order valence-corrected chi connectivity index (χ2v) is 9.30. The highest BCUT2D eigenvalue weighted by atomic mass is 16.5. The largest absolute Gasteiger partial charge is 0.379 e. The lowest BCUT2D eigenvalue weighted by Crippen LogP contribution is -2.06. The summed E-state index contributed by atoms with van der Waals surface area (Å²) >= 11 is 0. The summed E-state index contributed by atoms with van der Waals surface area (Å²) in [6, 6.07) is 0. The van der Waals surface area contributed by atoms with Gasteiger partial charge in [-0.1, -0.05) is 142 Å². The van der Waals surface area contributed by atoms with Crippen molar-refractivity contribution in [2.75, 3.05) is 26.4 Å². The molecule has 0 spiro atoms. The highest BCUT2D eigenvalue weighted by molar-refractivity contribution is 4.49. The molecule has 0 rings (SSSR count). The SMILES string of the molecule is CCCCCCCCCCCCCCOCCOCCCCCCCCCCCC.